The van der Waals surface area contributed by atoms with Gasteiger partial charge in [-0.25, -0.2) is 0 Å². The highest BCUT2D eigenvalue weighted by Crippen LogP contribution is 2.30. The predicted molar refractivity (Wildman–Crippen MR) is 180 cm³/mol. The minimum atomic E-state index is -0.0396. The Morgan fingerprint density at radius 3 is 2.20 bits per heavy atom. The number of ether oxygens (including phenoxy) is 2. The zero-order valence-corrected chi connectivity index (χ0v) is 28.0. The number of halogens is 1. The van der Waals surface area contributed by atoms with Gasteiger partial charge in [0.2, 0.25) is 5.91 Å². The molecule has 0 fully saturated rings. The molecule has 0 aliphatic carbocycles. The molecule has 0 atom stereocenters. The normalized spacial score (nSPS) is 12.6. The first-order valence-electron chi connectivity index (χ1n) is 15.3. The van der Waals surface area contributed by atoms with Gasteiger partial charge in [-0.1, -0.05) is 102 Å². The molecule has 1 heterocycles. The van der Waals surface area contributed by atoms with Gasteiger partial charge in [-0.3, -0.25) is 4.79 Å². The van der Waals surface area contributed by atoms with Crippen molar-refractivity contribution in [3.05, 3.63) is 64.7 Å². The van der Waals surface area contributed by atoms with Crippen LogP contribution < -0.4 is 14.8 Å². The predicted octanol–water partition coefficient (Wildman–Crippen LogP) is 9.90. The van der Waals surface area contributed by atoms with E-state index in [1.807, 2.05) is 48.2 Å². The quantitative estimate of drug-likeness (QED) is 0.145. The number of methoxy groups -OCH3 is 1. The molecule has 1 amide bonds. The molecule has 3 rings (SSSR count). The summed E-state index contributed by atoms with van der Waals surface area (Å²) in [5.74, 6) is 2.33. The van der Waals surface area contributed by atoms with Gasteiger partial charge in [-0.15, -0.1) is 28.7 Å². The zero-order valence-electron chi connectivity index (χ0n) is 25.4. The standard InChI is InChI=1S/C34H50N2O3S.BrH/c1-4-5-6-7-8-9-10-11-12-13-14-17-22-39-32-21-20-29(23-33(32)38-3)24-34(37)35-31-19-16-15-18-30(31)26-36-25-28(2)40-27-36;/h15-16,18-21,23,25H,4-14,17,22,24,26-27H2,1-3H3,(H,35,37);1H. The second-order valence-corrected chi connectivity index (χ2v) is 12.1. The van der Waals surface area contributed by atoms with Gasteiger partial charge in [0, 0.05) is 18.4 Å². The van der Waals surface area contributed by atoms with Gasteiger partial charge in [0.05, 0.1) is 26.0 Å². The lowest BCUT2D eigenvalue weighted by Crippen LogP contribution is -2.18. The van der Waals surface area contributed by atoms with Crippen LogP contribution in [0.25, 0.3) is 0 Å². The van der Waals surface area contributed by atoms with E-state index in [-0.39, 0.29) is 29.3 Å². The number of benzene rings is 2. The lowest BCUT2D eigenvalue weighted by Gasteiger charge is -2.18. The number of allylic oxidation sites excluding steroid dienone is 1. The van der Waals surface area contributed by atoms with Crippen LogP contribution in [0.3, 0.4) is 0 Å². The SMILES string of the molecule is Br.CCCCCCCCCCCCCCOc1ccc(CC(=O)Nc2ccccc2CN2C=C(C)SC2)cc1OC. The molecule has 7 heteroatoms. The molecule has 2 aromatic rings. The first kappa shape index (κ1) is 35.1. The lowest BCUT2D eigenvalue weighted by molar-refractivity contribution is -0.115. The van der Waals surface area contributed by atoms with Crippen molar-refractivity contribution in [3.63, 3.8) is 0 Å². The fourth-order valence-electron chi connectivity index (χ4n) is 5.05. The van der Waals surface area contributed by atoms with Crippen LogP contribution in [0.1, 0.15) is 102 Å². The number of hydrogen-bond donors (Lipinski definition) is 1. The van der Waals surface area contributed by atoms with Crippen LogP contribution in [0.2, 0.25) is 0 Å². The molecule has 2 aromatic carbocycles. The summed E-state index contributed by atoms with van der Waals surface area (Å²) < 4.78 is 11.6. The van der Waals surface area contributed by atoms with Crippen LogP contribution in [0.4, 0.5) is 5.69 Å². The minimum Gasteiger partial charge on any atom is -0.493 e. The Hall–Kier alpha value is -2.12. The number of carbonyl (C=O) groups excluding carboxylic acids is 1. The molecule has 0 saturated heterocycles. The van der Waals surface area contributed by atoms with Crippen LogP contribution >= 0.6 is 28.7 Å². The van der Waals surface area contributed by atoms with Crippen LogP contribution in [0.15, 0.2) is 53.6 Å². The van der Waals surface area contributed by atoms with Crippen molar-refractivity contribution in [1.29, 1.82) is 0 Å². The van der Waals surface area contributed by atoms with Crippen LogP contribution in [0.5, 0.6) is 11.5 Å². The average Bonchev–Trinajstić information content (AvgIpc) is 3.37. The van der Waals surface area contributed by atoms with Crippen LogP contribution in [-0.4, -0.2) is 30.4 Å². The Bertz CT molecular complexity index is 1060. The Balaban J connectivity index is 0.00000588. The minimum absolute atomic E-state index is 0. The zero-order chi connectivity index (χ0) is 28.4. The Kier molecular flexibility index (Phi) is 17.7. The topological polar surface area (TPSA) is 50.8 Å². The highest BCUT2D eigenvalue weighted by Gasteiger charge is 2.14. The van der Waals surface area contributed by atoms with Crippen molar-refractivity contribution >= 4 is 40.3 Å². The maximum Gasteiger partial charge on any atom is 0.228 e. The lowest BCUT2D eigenvalue weighted by atomic mass is 10.1. The third-order valence-corrected chi connectivity index (χ3v) is 8.36. The van der Waals surface area contributed by atoms with E-state index in [2.05, 4.69) is 36.3 Å². The molecule has 0 aromatic heterocycles. The van der Waals surface area contributed by atoms with E-state index in [0.717, 1.165) is 41.4 Å². The number of hydrogen-bond acceptors (Lipinski definition) is 5. The highest BCUT2D eigenvalue weighted by atomic mass is 79.9. The van der Waals surface area contributed by atoms with E-state index in [4.69, 9.17) is 9.47 Å². The summed E-state index contributed by atoms with van der Waals surface area (Å²) in [5, 5.41) is 3.11. The van der Waals surface area contributed by atoms with E-state index in [9.17, 15) is 4.79 Å². The number of para-hydroxylation sites is 1. The maximum atomic E-state index is 12.9. The number of rotatable bonds is 20. The number of carbonyl (C=O) groups is 1. The van der Waals surface area contributed by atoms with Gasteiger partial charge < -0.3 is 19.7 Å². The number of amides is 1. The largest absolute Gasteiger partial charge is 0.493 e. The second-order valence-electron chi connectivity index (χ2n) is 10.9. The molecular weight excluding hydrogens is 596 g/mol. The summed E-state index contributed by atoms with van der Waals surface area (Å²) >= 11 is 1.84. The highest BCUT2D eigenvalue weighted by molar-refractivity contribution is 8.93. The molecule has 41 heavy (non-hydrogen) atoms. The molecule has 0 saturated carbocycles. The molecule has 1 aliphatic heterocycles. The van der Waals surface area contributed by atoms with Gasteiger partial charge >= 0.3 is 0 Å². The van der Waals surface area contributed by atoms with Crippen LogP contribution in [0, 0.1) is 0 Å². The fourth-order valence-corrected chi connectivity index (χ4v) is 5.81. The Labute approximate surface area is 263 Å². The molecule has 0 bridgehead atoms. The van der Waals surface area contributed by atoms with Crippen molar-refractivity contribution in [2.45, 2.75) is 104 Å². The number of anilines is 1. The van der Waals surface area contributed by atoms with Crippen molar-refractivity contribution in [1.82, 2.24) is 4.90 Å². The number of thioether (sulfide) groups is 1. The van der Waals surface area contributed by atoms with Crippen molar-refractivity contribution in [2.24, 2.45) is 0 Å². The van der Waals surface area contributed by atoms with Crippen molar-refractivity contribution < 1.29 is 14.3 Å². The number of unbranched alkanes of at least 4 members (excludes halogenated alkanes) is 11. The molecule has 1 aliphatic rings. The fraction of sp³-hybridized carbons (Fsp3) is 0.559. The molecule has 0 radical (unpaired) electrons. The smallest absolute Gasteiger partial charge is 0.228 e. The van der Waals surface area contributed by atoms with Crippen molar-refractivity contribution in [2.75, 3.05) is 24.9 Å². The summed E-state index contributed by atoms with van der Waals surface area (Å²) in [6.45, 7) is 5.87. The van der Waals surface area contributed by atoms with Crippen molar-refractivity contribution in [3.8, 4) is 11.5 Å². The first-order chi connectivity index (χ1) is 19.6. The number of nitrogens with one attached hydrogen (secondary N) is 1. The van der Waals surface area contributed by atoms with Crippen LogP contribution in [-0.2, 0) is 17.8 Å². The van der Waals surface area contributed by atoms with Gasteiger partial charge in [0.15, 0.2) is 11.5 Å². The summed E-state index contributed by atoms with van der Waals surface area (Å²) in [5.41, 5.74) is 2.88. The Morgan fingerprint density at radius 2 is 1.56 bits per heavy atom. The molecular formula is C34H51BrN2O3S. The van der Waals surface area contributed by atoms with Gasteiger partial charge in [0.1, 0.15) is 0 Å². The van der Waals surface area contributed by atoms with E-state index < -0.39 is 0 Å². The average molecular weight is 648 g/mol. The third kappa shape index (κ3) is 13.6. The van der Waals surface area contributed by atoms with E-state index in [1.54, 1.807) is 7.11 Å². The number of nitrogens with zero attached hydrogens (tertiary/aromatic N) is 1. The molecule has 0 unspecified atom stereocenters. The summed E-state index contributed by atoms with van der Waals surface area (Å²) in [7, 11) is 1.65. The van der Waals surface area contributed by atoms with E-state index in [0.29, 0.717) is 12.4 Å². The van der Waals surface area contributed by atoms with E-state index >= 15 is 0 Å². The Morgan fingerprint density at radius 1 is 0.902 bits per heavy atom. The molecule has 228 valence electrons. The third-order valence-electron chi connectivity index (χ3n) is 7.34. The van der Waals surface area contributed by atoms with Gasteiger partial charge in [-0.2, -0.15) is 0 Å². The molecule has 1 N–H and O–H groups in total. The molecule has 0 spiro atoms. The van der Waals surface area contributed by atoms with E-state index in [1.165, 1.54) is 75.5 Å². The summed E-state index contributed by atoms with van der Waals surface area (Å²) in [4.78, 5) is 16.5. The summed E-state index contributed by atoms with van der Waals surface area (Å²) in [6, 6.07) is 13.8. The summed E-state index contributed by atoms with van der Waals surface area (Å²) in [6.07, 6.45) is 18.4. The molecule has 5 nitrogen and oxygen atoms in total. The first-order valence-corrected chi connectivity index (χ1v) is 16.3. The van der Waals surface area contributed by atoms with Gasteiger partial charge in [-0.05, 0) is 47.6 Å². The van der Waals surface area contributed by atoms with Gasteiger partial charge in [0.25, 0.3) is 0 Å². The monoisotopic (exact) mass is 646 g/mol. The maximum absolute atomic E-state index is 12.9. The second kappa shape index (κ2) is 20.7.